The molecule has 9 heteroatoms. The van der Waals surface area contributed by atoms with Gasteiger partial charge in [-0.15, -0.1) is 0 Å². The number of likely N-dealkylation sites (tertiary alicyclic amines) is 1. The number of nitrogens with zero attached hydrogens (tertiary/aromatic N) is 2. The molecule has 3 aromatic rings. The molecule has 0 spiro atoms. The van der Waals surface area contributed by atoms with Crippen LogP contribution in [0, 0.1) is 11.3 Å². The third-order valence-corrected chi connectivity index (χ3v) is 6.24. The number of benzene rings is 3. The van der Waals surface area contributed by atoms with Crippen LogP contribution in [0.4, 0.5) is 0 Å². The van der Waals surface area contributed by atoms with E-state index in [1.54, 1.807) is 24.3 Å². The molecule has 3 aromatic carbocycles. The highest BCUT2D eigenvalue weighted by molar-refractivity contribution is 7.85. The first kappa shape index (κ1) is 24.2. The van der Waals surface area contributed by atoms with Gasteiger partial charge in [-0.3, -0.25) is 9.35 Å². The first-order valence-electron chi connectivity index (χ1n) is 10.3. The van der Waals surface area contributed by atoms with Gasteiger partial charge in [0, 0.05) is 13.1 Å². The summed E-state index contributed by atoms with van der Waals surface area (Å²) in [4.78, 5) is 13.6. The second-order valence-corrected chi connectivity index (χ2v) is 8.97. The van der Waals surface area contributed by atoms with Crippen LogP contribution in [0.1, 0.15) is 17.5 Å². The van der Waals surface area contributed by atoms with Crippen LogP contribution in [0.5, 0.6) is 5.75 Å². The molecular formula is C24H25N3O5S. The molecule has 1 amide bonds. The lowest BCUT2D eigenvalue weighted by Crippen LogP contribution is -2.35. The van der Waals surface area contributed by atoms with E-state index in [1.165, 1.54) is 19.2 Å². The third-order valence-electron chi connectivity index (χ3n) is 5.39. The van der Waals surface area contributed by atoms with Gasteiger partial charge in [-0.1, -0.05) is 24.3 Å². The Balaban J connectivity index is 0.000000186. The van der Waals surface area contributed by atoms with Crippen LogP contribution in [0.25, 0.3) is 10.8 Å². The molecule has 1 fully saturated rings. The molecular weight excluding hydrogens is 442 g/mol. The normalized spacial score (nSPS) is 15.6. The van der Waals surface area contributed by atoms with E-state index in [0.717, 1.165) is 23.9 Å². The van der Waals surface area contributed by atoms with Crippen molar-refractivity contribution < 1.29 is 22.5 Å². The van der Waals surface area contributed by atoms with Gasteiger partial charge < -0.3 is 15.0 Å². The van der Waals surface area contributed by atoms with Crippen molar-refractivity contribution in [3.63, 3.8) is 0 Å². The van der Waals surface area contributed by atoms with Gasteiger partial charge in [0.15, 0.2) is 0 Å². The Morgan fingerprint density at radius 3 is 2.55 bits per heavy atom. The number of methoxy groups -OCH3 is 1. The summed E-state index contributed by atoms with van der Waals surface area (Å²) in [5, 5.41) is 13.4. The maximum atomic E-state index is 11.9. The van der Waals surface area contributed by atoms with Crippen LogP contribution in [0.2, 0.25) is 0 Å². The average Bonchev–Trinajstić information content (AvgIpc) is 3.17. The van der Waals surface area contributed by atoms with Crippen molar-refractivity contribution in [2.24, 2.45) is 0 Å². The monoisotopic (exact) mass is 467 g/mol. The molecule has 172 valence electrons. The van der Waals surface area contributed by atoms with Crippen molar-refractivity contribution in [1.82, 2.24) is 10.2 Å². The number of ether oxygens (including phenoxy) is 1. The fraction of sp³-hybridized carbons (Fsp3) is 0.250. The van der Waals surface area contributed by atoms with E-state index in [-0.39, 0.29) is 16.8 Å². The number of nitriles is 1. The van der Waals surface area contributed by atoms with E-state index in [2.05, 4.69) is 11.4 Å². The number of likely N-dealkylation sites (N-methyl/N-ethyl adjacent to an activating group) is 1. The molecule has 1 atom stereocenters. The number of carbonyl (C=O) groups is 1. The zero-order valence-corrected chi connectivity index (χ0v) is 19.2. The van der Waals surface area contributed by atoms with Crippen LogP contribution in [-0.4, -0.2) is 50.5 Å². The number of hydrogen-bond acceptors (Lipinski definition) is 6. The molecule has 0 unspecified atom stereocenters. The summed E-state index contributed by atoms with van der Waals surface area (Å²) >= 11 is 0. The van der Waals surface area contributed by atoms with Gasteiger partial charge in [0.1, 0.15) is 5.75 Å². The number of hydrogen-bond donors (Lipinski definition) is 2. The predicted molar refractivity (Wildman–Crippen MR) is 124 cm³/mol. The van der Waals surface area contributed by atoms with Gasteiger partial charge in [-0.2, -0.15) is 13.7 Å². The smallest absolute Gasteiger partial charge is 0.294 e. The number of rotatable bonds is 5. The summed E-state index contributed by atoms with van der Waals surface area (Å²) < 4.78 is 35.9. The van der Waals surface area contributed by atoms with Gasteiger partial charge in [-0.25, -0.2) is 0 Å². The van der Waals surface area contributed by atoms with Crippen LogP contribution in [-0.2, 0) is 21.5 Å². The molecule has 1 aliphatic rings. The molecule has 0 aromatic heterocycles. The minimum Gasteiger partial charge on any atom is -0.497 e. The van der Waals surface area contributed by atoms with E-state index >= 15 is 0 Å². The number of nitrogens with one attached hydrogen (secondary N) is 1. The minimum absolute atomic E-state index is 0.0471. The van der Waals surface area contributed by atoms with E-state index in [0.29, 0.717) is 23.2 Å². The summed E-state index contributed by atoms with van der Waals surface area (Å²) in [6, 6.07) is 19.2. The van der Waals surface area contributed by atoms with E-state index in [9.17, 15) is 13.2 Å². The molecule has 1 heterocycles. The molecule has 2 N–H and O–H groups in total. The van der Waals surface area contributed by atoms with Crippen LogP contribution in [0.3, 0.4) is 0 Å². The highest BCUT2D eigenvalue weighted by Crippen LogP contribution is 2.23. The van der Waals surface area contributed by atoms with Gasteiger partial charge in [0.2, 0.25) is 5.91 Å². The summed E-state index contributed by atoms with van der Waals surface area (Å²) in [7, 11) is -0.811. The van der Waals surface area contributed by atoms with Crippen molar-refractivity contribution in [1.29, 1.82) is 5.26 Å². The Morgan fingerprint density at radius 2 is 1.91 bits per heavy atom. The molecule has 8 nitrogen and oxygen atoms in total. The average molecular weight is 468 g/mol. The molecule has 0 aliphatic carbocycles. The van der Waals surface area contributed by atoms with Crippen molar-refractivity contribution in [2.75, 3.05) is 20.7 Å². The van der Waals surface area contributed by atoms with Crippen molar-refractivity contribution >= 4 is 26.8 Å². The Labute approximate surface area is 193 Å². The highest BCUT2D eigenvalue weighted by atomic mass is 32.2. The summed E-state index contributed by atoms with van der Waals surface area (Å²) in [6.07, 6.45) is 0.854. The predicted octanol–water partition coefficient (Wildman–Crippen LogP) is 2.97. The molecule has 0 radical (unpaired) electrons. The zero-order chi connectivity index (χ0) is 24.0. The first-order chi connectivity index (χ1) is 15.7. The SMILES string of the molecule is CN[C@H]1CCN(Cc2cccc(C#N)c2)C1=O.COc1ccc2ccc(S(=O)(=O)O)cc2c1. The van der Waals surface area contributed by atoms with Crippen molar-refractivity contribution in [3.05, 3.63) is 71.8 Å². The van der Waals surface area contributed by atoms with Crippen molar-refractivity contribution in [2.45, 2.75) is 23.9 Å². The molecule has 0 saturated carbocycles. The molecule has 0 bridgehead atoms. The summed E-state index contributed by atoms with van der Waals surface area (Å²) in [5.74, 6) is 0.787. The molecule has 1 aliphatic heterocycles. The Bertz CT molecular complexity index is 1300. The summed E-state index contributed by atoms with van der Waals surface area (Å²) in [5.41, 5.74) is 1.65. The van der Waals surface area contributed by atoms with Crippen LogP contribution >= 0.6 is 0 Å². The summed E-state index contributed by atoms with van der Waals surface area (Å²) in [6.45, 7) is 1.37. The lowest BCUT2D eigenvalue weighted by molar-refractivity contribution is -0.129. The van der Waals surface area contributed by atoms with Gasteiger partial charge in [0.05, 0.1) is 29.7 Å². The van der Waals surface area contributed by atoms with E-state index in [4.69, 9.17) is 14.6 Å². The number of carbonyl (C=O) groups excluding carboxylic acids is 1. The van der Waals surface area contributed by atoms with Gasteiger partial charge in [0.25, 0.3) is 10.1 Å². The number of amides is 1. The zero-order valence-electron chi connectivity index (χ0n) is 18.4. The quantitative estimate of drug-likeness (QED) is 0.554. The van der Waals surface area contributed by atoms with Crippen molar-refractivity contribution in [3.8, 4) is 11.8 Å². The second kappa shape index (κ2) is 10.4. The first-order valence-corrected chi connectivity index (χ1v) is 11.7. The Morgan fingerprint density at radius 1 is 1.15 bits per heavy atom. The Hall–Kier alpha value is -3.45. The van der Waals surface area contributed by atoms with Crippen LogP contribution < -0.4 is 10.1 Å². The molecule has 4 rings (SSSR count). The van der Waals surface area contributed by atoms with Gasteiger partial charge in [-0.05, 0) is 66.2 Å². The fourth-order valence-corrected chi connectivity index (χ4v) is 4.13. The molecule has 33 heavy (non-hydrogen) atoms. The lowest BCUT2D eigenvalue weighted by Gasteiger charge is -2.16. The minimum atomic E-state index is -4.15. The van der Waals surface area contributed by atoms with E-state index < -0.39 is 10.1 Å². The fourth-order valence-electron chi connectivity index (χ4n) is 3.61. The molecule has 1 saturated heterocycles. The second-order valence-electron chi connectivity index (χ2n) is 7.55. The lowest BCUT2D eigenvalue weighted by atomic mass is 10.1. The largest absolute Gasteiger partial charge is 0.497 e. The maximum absolute atomic E-state index is 11.9. The standard InChI is InChI=1S/C13H15N3O.C11H10O4S/c1-15-12-5-6-16(13(12)17)9-11-4-2-3-10(7-11)8-14;1-15-10-4-2-8-3-5-11(16(12,13)14)7-9(8)6-10/h2-4,7,12,15H,5-6,9H2,1H3;2-7H,1H3,(H,12,13,14)/t12-;/m0./s1. The third kappa shape index (κ3) is 6.08. The van der Waals surface area contributed by atoms with Crippen LogP contribution in [0.15, 0.2) is 65.6 Å². The Kier molecular flexibility index (Phi) is 7.66. The van der Waals surface area contributed by atoms with Gasteiger partial charge >= 0.3 is 0 Å². The highest BCUT2D eigenvalue weighted by Gasteiger charge is 2.29. The maximum Gasteiger partial charge on any atom is 0.294 e. The topological polar surface area (TPSA) is 120 Å². The number of fused-ring (bicyclic) bond motifs is 1. The van der Waals surface area contributed by atoms with E-state index in [1.807, 2.05) is 36.2 Å².